The second-order valence-electron chi connectivity index (χ2n) is 5.25. The SMILES string of the molecule is CC(=O)OC(C)C(=O)OCC[N+](C)(C)C.COP(=O)([O-])OC. The van der Waals surface area contributed by atoms with Crippen LogP contribution in [-0.2, 0) is 32.7 Å². The minimum Gasteiger partial charge on any atom is -0.756 e. The van der Waals surface area contributed by atoms with E-state index in [0.29, 0.717) is 6.61 Å². The van der Waals surface area contributed by atoms with Gasteiger partial charge in [-0.1, -0.05) is 0 Å². The lowest BCUT2D eigenvalue weighted by atomic mass is 10.4. The fourth-order valence-corrected chi connectivity index (χ4v) is 1.06. The van der Waals surface area contributed by atoms with Gasteiger partial charge in [0.05, 0.1) is 21.1 Å². The molecule has 0 radical (unpaired) electrons. The third-order valence-electron chi connectivity index (χ3n) is 2.13. The molecule has 132 valence electrons. The van der Waals surface area contributed by atoms with Crippen molar-refractivity contribution in [1.29, 1.82) is 0 Å². The number of hydrogen-bond donors (Lipinski definition) is 0. The third-order valence-corrected chi connectivity index (χ3v) is 3.02. The van der Waals surface area contributed by atoms with Gasteiger partial charge in [-0.3, -0.25) is 9.36 Å². The maximum Gasteiger partial charge on any atom is 0.347 e. The first-order valence-electron chi connectivity index (χ1n) is 6.41. The zero-order valence-corrected chi connectivity index (χ0v) is 15.0. The molecule has 0 aromatic rings. The highest BCUT2D eigenvalue weighted by Gasteiger charge is 2.18. The number of hydrogen-bond acceptors (Lipinski definition) is 8. The summed E-state index contributed by atoms with van der Waals surface area (Å²) in [6.07, 6.45) is -0.824. The predicted octanol–water partition coefficient (Wildman–Crippen LogP) is -0.0650. The number of phosphoric acid groups is 1. The summed E-state index contributed by atoms with van der Waals surface area (Å²) >= 11 is 0. The largest absolute Gasteiger partial charge is 0.756 e. The van der Waals surface area contributed by atoms with Crippen LogP contribution in [0.25, 0.3) is 0 Å². The number of ether oxygens (including phenoxy) is 2. The molecule has 1 atom stereocenters. The Morgan fingerprint density at radius 2 is 1.64 bits per heavy atom. The van der Waals surface area contributed by atoms with Crippen LogP contribution in [0.5, 0.6) is 0 Å². The van der Waals surface area contributed by atoms with E-state index in [4.69, 9.17) is 4.74 Å². The quantitative estimate of drug-likeness (QED) is 0.359. The van der Waals surface area contributed by atoms with E-state index in [9.17, 15) is 19.0 Å². The van der Waals surface area contributed by atoms with Crippen LogP contribution in [0.1, 0.15) is 13.8 Å². The van der Waals surface area contributed by atoms with Crippen molar-refractivity contribution in [2.45, 2.75) is 20.0 Å². The molecule has 0 heterocycles. The summed E-state index contributed by atoms with van der Waals surface area (Å²) in [4.78, 5) is 31.8. The van der Waals surface area contributed by atoms with Gasteiger partial charge in [-0.25, -0.2) is 4.79 Å². The van der Waals surface area contributed by atoms with E-state index in [-0.39, 0.29) is 0 Å². The maximum absolute atomic E-state index is 11.3. The summed E-state index contributed by atoms with van der Waals surface area (Å²) in [5, 5.41) is 0. The van der Waals surface area contributed by atoms with Crippen molar-refractivity contribution >= 4 is 19.8 Å². The van der Waals surface area contributed by atoms with Gasteiger partial charge in [-0.05, 0) is 6.92 Å². The van der Waals surface area contributed by atoms with Crippen molar-refractivity contribution in [1.82, 2.24) is 0 Å². The fraction of sp³-hybridized carbons (Fsp3) is 0.833. The van der Waals surface area contributed by atoms with E-state index in [0.717, 1.165) is 25.2 Å². The summed E-state index contributed by atoms with van der Waals surface area (Å²) in [5.41, 5.74) is 0. The molecule has 0 bridgehead atoms. The number of nitrogens with zero attached hydrogens (tertiary/aromatic N) is 1. The molecule has 0 rings (SSSR count). The average Bonchev–Trinajstić information content (AvgIpc) is 2.37. The molecule has 1 unspecified atom stereocenters. The Bertz CT molecular complexity index is 385. The second-order valence-corrected chi connectivity index (χ2v) is 6.87. The average molecular weight is 343 g/mol. The van der Waals surface area contributed by atoms with Crippen molar-refractivity contribution < 1.29 is 42.1 Å². The molecule has 22 heavy (non-hydrogen) atoms. The predicted molar refractivity (Wildman–Crippen MR) is 76.7 cm³/mol. The highest BCUT2D eigenvalue weighted by molar-refractivity contribution is 7.45. The number of carbonyl (C=O) groups excluding carboxylic acids is 2. The lowest BCUT2D eigenvalue weighted by Gasteiger charge is -2.23. The van der Waals surface area contributed by atoms with Crippen molar-refractivity contribution in [3.8, 4) is 0 Å². The number of phosphoric ester groups is 1. The van der Waals surface area contributed by atoms with E-state index < -0.39 is 25.9 Å². The Balaban J connectivity index is 0. The normalized spacial score (nSPS) is 12.7. The van der Waals surface area contributed by atoms with Crippen LogP contribution in [0.3, 0.4) is 0 Å². The standard InChI is InChI=1S/C10H20NO4.C2H7O4P/c1-8(15-9(2)12)10(13)14-7-6-11(3,4)5;1-5-7(3,4)6-2/h8H,6-7H2,1-5H3;1-2H3,(H,3,4)/q+1;/p-1. The van der Waals surface area contributed by atoms with Crippen molar-refractivity contribution in [2.24, 2.45) is 0 Å². The Morgan fingerprint density at radius 1 is 1.18 bits per heavy atom. The molecule has 0 saturated carbocycles. The highest BCUT2D eigenvalue weighted by atomic mass is 31.2. The van der Waals surface area contributed by atoms with E-state index in [2.05, 4.69) is 13.8 Å². The molecule has 10 heteroatoms. The lowest BCUT2D eigenvalue weighted by molar-refractivity contribution is -0.870. The Morgan fingerprint density at radius 3 is 1.91 bits per heavy atom. The van der Waals surface area contributed by atoms with Gasteiger partial charge in [-0.2, -0.15) is 0 Å². The number of likely N-dealkylation sites (N-methyl/N-ethyl adjacent to an activating group) is 1. The molecular weight excluding hydrogens is 317 g/mol. The number of esters is 2. The fourth-order valence-electron chi connectivity index (χ4n) is 0.909. The summed E-state index contributed by atoms with van der Waals surface area (Å²) in [7, 11) is 4.18. The Hall–Kier alpha value is -0.990. The van der Waals surface area contributed by atoms with Crippen LogP contribution in [0.4, 0.5) is 0 Å². The van der Waals surface area contributed by atoms with Gasteiger partial charge in [0.15, 0.2) is 6.10 Å². The van der Waals surface area contributed by atoms with Crippen LogP contribution in [0, 0.1) is 0 Å². The molecule has 0 aliphatic carbocycles. The van der Waals surface area contributed by atoms with Crippen LogP contribution in [0.2, 0.25) is 0 Å². The zero-order chi connectivity index (χ0) is 18.0. The molecule has 0 aromatic carbocycles. The third kappa shape index (κ3) is 15.4. The molecule has 9 nitrogen and oxygen atoms in total. The van der Waals surface area contributed by atoms with Gasteiger partial charge in [0.25, 0.3) is 7.82 Å². The van der Waals surface area contributed by atoms with Gasteiger partial charge < -0.3 is 27.9 Å². The van der Waals surface area contributed by atoms with Crippen LogP contribution in [0.15, 0.2) is 0 Å². The highest BCUT2D eigenvalue weighted by Crippen LogP contribution is 2.34. The Labute approximate surface area is 131 Å². The van der Waals surface area contributed by atoms with Gasteiger partial charge in [0.2, 0.25) is 0 Å². The molecule has 0 fully saturated rings. The van der Waals surface area contributed by atoms with E-state index >= 15 is 0 Å². The van der Waals surface area contributed by atoms with Gasteiger partial charge in [0.1, 0.15) is 13.2 Å². The van der Waals surface area contributed by atoms with E-state index in [1.165, 1.54) is 13.8 Å². The zero-order valence-electron chi connectivity index (χ0n) is 14.2. The smallest absolute Gasteiger partial charge is 0.347 e. The van der Waals surface area contributed by atoms with Crippen LogP contribution >= 0.6 is 7.82 Å². The second kappa shape index (κ2) is 10.7. The first-order valence-corrected chi connectivity index (χ1v) is 7.87. The molecule has 0 amide bonds. The van der Waals surface area contributed by atoms with Crippen molar-refractivity contribution in [3.63, 3.8) is 0 Å². The monoisotopic (exact) mass is 343 g/mol. The summed E-state index contributed by atoms with van der Waals surface area (Å²) in [6.45, 7) is 3.80. The van der Waals surface area contributed by atoms with Crippen molar-refractivity contribution in [3.05, 3.63) is 0 Å². The summed E-state index contributed by atoms with van der Waals surface area (Å²) < 4.78 is 28.0. The van der Waals surface area contributed by atoms with E-state index in [1.807, 2.05) is 21.1 Å². The summed E-state index contributed by atoms with van der Waals surface area (Å²) in [6, 6.07) is 0. The molecular formula is C12H26NO8P. The number of rotatable bonds is 7. The number of quaternary nitrogens is 1. The Kier molecular flexibility index (Phi) is 11.3. The van der Waals surface area contributed by atoms with Gasteiger partial charge in [-0.15, -0.1) is 0 Å². The maximum atomic E-state index is 11.3. The minimum absolute atomic E-state index is 0.327. The summed E-state index contributed by atoms with van der Waals surface area (Å²) in [5.74, 6) is -0.982. The lowest BCUT2D eigenvalue weighted by Crippen LogP contribution is -2.38. The molecule has 0 aromatic heterocycles. The minimum atomic E-state index is -3.90. The molecule has 0 saturated heterocycles. The van der Waals surface area contributed by atoms with E-state index in [1.54, 1.807) is 0 Å². The van der Waals surface area contributed by atoms with Gasteiger partial charge in [0, 0.05) is 21.1 Å². The first-order chi connectivity index (χ1) is 9.84. The van der Waals surface area contributed by atoms with Crippen molar-refractivity contribution in [2.75, 3.05) is 48.5 Å². The van der Waals surface area contributed by atoms with Gasteiger partial charge >= 0.3 is 11.9 Å². The number of carbonyl (C=O) groups is 2. The topological polar surface area (TPSA) is 111 Å². The van der Waals surface area contributed by atoms with Crippen LogP contribution in [-0.4, -0.2) is 71.0 Å². The first kappa shape index (κ1) is 23.3. The molecule has 0 N–H and O–H groups in total. The van der Waals surface area contributed by atoms with Crippen LogP contribution < -0.4 is 4.89 Å². The molecule has 0 aliphatic heterocycles. The molecule has 0 spiro atoms. The molecule has 0 aliphatic rings.